The molecule has 0 saturated carbocycles. The molecule has 4 aromatic rings. The fourth-order valence-corrected chi connectivity index (χ4v) is 5.50. The van der Waals surface area contributed by atoms with Gasteiger partial charge in [0.25, 0.3) is 0 Å². The molecule has 2 aliphatic heterocycles. The summed E-state index contributed by atoms with van der Waals surface area (Å²) in [5, 5.41) is 0. The Bertz CT molecular complexity index is 1470. The lowest BCUT2D eigenvalue weighted by Gasteiger charge is -2.39. The summed E-state index contributed by atoms with van der Waals surface area (Å²) < 4.78 is 14.3. The van der Waals surface area contributed by atoms with E-state index in [-0.39, 0.29) is 5.92 Å². The standard InChI is InChI=1S/C29H22Br2N4O2/c1-16-9-21-20-13-27(36-28(21)23(11-16)32-14-18-5-3-7-25(30)34-18)37-29-22(20)10-17(2)12-24(29)33-15-19-6-4-8-26(31)35-19/h3-12,14-15,20,27H,13H2,1-2H3. The van der Waals surface area contributed by atoms with Gasteiger partial charge in [0, 0.05) is 23.5 Å². The number of pyridine rings is 2. The lowest BCUT2D eigenvalue weighted by Crippen LogP contribution is -2.35. The first-order valence-corrected chi connectivity index (χ1v) is 13.5. The third kappa shape index (κ3) is 4.95. The molecule has 2 aromatic carbocycles. The van der Waals surface area contributed by atoms with Gasteiger partial charge in [-0.05, 0) is 93.2 Å². The van der Waals surface area contributed by atoms with Gasteiger partial charge < -0.3 is 9.47 Å². The second kappa shape index (κ2) is 9.84. The van der Waals surface area contributed by atoms with E-state index >= 15 is 0 Å². The van der Waals surface area contributed by atoms with Crippen LogP contribution in [0.5, 0.6) is 11.5 Å². The molecule has 6 nitrogen and oxygen atoms in total. The Morgan fingerprint density at radius 2 is 1.24 bits per heavy atom. The van der Waals surface area contributed by atoms with E-state index in [0.29, 0.717) is 0 Å². The average Bonchev–Trinajstić information content (AvgIpc) is 2.87. The van der Waals surface area contributed by atoms with Crippen molar-refractivity contribution in [3.63, 3.8) is 0 Å². The summed E-state index contributed by atoms with van der Waals surface area (Å²) in [6.45, 7) is 4.17. The monoisotopic (exact) mass is 616 g/mol. The van der Waals surface area contributed by atoms with Crippen LogP contribution in [0, 0.1) is 13.8 Å². The number of rotatable bonds is 4. The van der Waals surface area contributed by atoms with Gasteiger partial charge in [0.2, 0.25) is 6.29 Å². The molecule has 0 radical (unpaired) electrons. The van der Waals surface area contributed by atoms with Gasteiger partial charge in [0.1, 0.15) is 20.6 Å². The smallest absolute Gasteiger partial charge is 0.242 e. The Morgan fingerprint density at radius 3 is 1.70 bits per heavy atom. The average molecular weight is 618 g/mol. The Morgan fingerprint density at radius 1 is 0.757 bits per heavy atom. The molecule has 2 aromatic heterocycles. The first kappa shape index (κ1) is 24.0. The molecule has 0 saturated heterocycles. The maximum atomic E-state index is 6.39. The van der Waals surface area contributed by atoms with Crippen molar-refractivity contribution in [2.45, 2.75) is 32.5 Å². The molecule has 4 heterocycles. The predicted octanol–water partition coefficient (Wildman–Crippen LogP) is 7.75. The number of aryl methyl sites for hydroxylation is 2. The zero-order valence-electron chi connectivity index (χ0n) is 20.2. The van der Waals surface area contributed by atoms with E-state index in [0.717, 1.165) is 72.1 Å². The molecule has 0 aliphatic carbocycles. The van der Waals surface area contributed by atoms with E-state index in [1.165, 1.54) is 0 Å². The number of fused-ring (bicyclic) bond motifs is 6. The molecule has 0 atom stereocenters. The van der Waals surface area contributed by atoms with Crippen molar-refractivity contribution in [3.05, 3.63) is 104 Å². The van der Waals surface area contributed by atoms with Crippen LogP contribution in [0.15, 0.2) is 79.9 Å². The first-order valence-electron chi connectivity index (χ1n) is 11.9. The second-order valence-electron chi connectivity index (χ2n) is 9.15. The van der Waals surface area contributed by atoms with Gasteiger partial charge in [-0.1, -0.05) is 24.3 Å². The van der Waals surface area contributed by atoms with Gasteiger partial charge in [-0.25, -0.2) is 9.97 Å². The molecule has 8 heteroatoms. The highest BCUT2D eigenvalue weighted by molar-refractivity contribution is 9.10. The number of aromatic nitrogens is 2. The number of halogens is 2. The van der Waals surface area contributed by atoms with Crippen molar-refractivity contribution in [2.75, 3.05) is 0 Å². The summed E-state index contributed by atoms with van der Waals surface area (Å²) >= 11 is 6.84. The first-order chi connectivity index (χ1) is 17.9. The Labute approximate surface area is 231 Å². The number of aliphatic imine (C=N–C) groups is 2. The third-order valence-corrected chi connectivity index (χ3v) is 7.19. The number of nitrogens with zero attached hydrogens (tertiary/aromatic N) is 4. The highest BCUT2D eigenvalue weighted by Crippen LogP contribution is 2.53. The molecule has 2 bridgehead atoms. The van der Waals surface area contributed by atoms with Crippen LogP contribution in [-0.2, 0) is 0 Å². The highest BCUT2D eigenvalue weighted by atomic mass is 79.9. The Kier molecular flexibility index (Phi) is 6.38. The summed E-state index contributed by atoms with van der Waals surface area (Å²) in [7, 11) is 0. The zero-order valence-corrected chi connectivity index (χ0v) is 23.3. The molecular weight excluding hydrogens is 596 g/mol. The summed E-state index contributed by atoms with van der Waals surface area (Å²) in [6.07, 6.45) is 3.83. The second-order valence-corrected chi connectivity index (χ2v) is 10.8. The normalized spacial score (nSPS) is 17.8. The SMILES string of the molecule is Cc1cc(N=Cc2cccc(Br)n2)c2c(c1)C1CC(O2)Oc2c(N=Cc3cccc(Br)n3)cc(C)cc21. The van der Waals surface area contributed by atoms with Crippen LogP contribution >= 0.6 is 31.9 Å². The minimum Gasteiger partial charge on any atom is -0.452 e. The fourth-order valence-electron chi connectivity index (χ4n) is 4.79. The van der Waals surface area contributed by atoms with Gasteiger partial charge >= 0.3 is 0 Å². The molecule has 0 fully saturated rings. The summed E-state index contributed by atoms with van der Waals surface area (Å²) in [6, 6.07) is 19.9. The van der Waals surface area contributed by atoms with Gasteiger partial charge in [0.05, 0.1) is 23.8 Å². The maximum absolute atomic E-state index is 6.39. The number of hydrogen-bond acceptors (Lipinski definition) is 6. The predicted molar refractivity (Wildman–Crippen MR) is 152 cm³/mol. The minimum atomic E-state index is -0.425. The van der Waals surface area contributed by atoms with Crippen molar-refractivity contribution in [1.82, 2.24) is 9.97 Å². The van der Waals surface area contributed by atoms with Gasteiger partial charge in [-0.3, -0.25) is 9.98 Å². The minimum absolute atomic E-state index is 0.119. The quantitative estimate of drug-likeness (QED) is 0.173. The third-order valence-electron chi connectivity index (χ3n) is 6.31. The number of hydrogen-bond donors (Lipinski definition) is 0. The van der Waals surface area contributed by atoms with E-state index < -0.39 is 6.29 Å². The van der Waals surface area contributed by atoms with Crippen LogP contribution in [0.25, 0.3) is 0 Å². The Balaban J connectivity index is 1.41. The number of ether oxygens (including phenoxy) is 2. The molecule has 0 spiro atoms. The van der Waals surface area contributed by atoms with E-state index in [4.69, 9.17) is 19.5 Å². The molecule has 0 unspecified atom stereocenters. The van der Waals surface area contributed by atoms with Crippen molar-refractivity contribution >= 4 is 55.7 Å². The van der Waals surface area contributed by atoms with Crippen molar-refractivity contribution < 1.29 is 9.47 Å². The summed E-state index contributed by atoms with van der Waals surface area (Å²) in [5.74, 6) is 1.63. The molecule has 6 rings (SSSR count). The van der Waals surface area contributed by atoms with E-state index in [1.54, 1.807) is 12.4 Å². The van der Waals surface area contributed by atoms with Crippen molar-refractivity contribution in [3.8, 4) is 11.5 Å². The molecule has 0 N–H and O–H groups in total. The maximum Gasteiger partial charge on any atom is 0.242 e. The number of benzene rings is 2. The van der Waals surface area contributed by atoms with Gasteiger partial charge in [0.15, 0.2) is 11.5 Å². The highest BCUT2D eigenvalue weighted by Gasteiger charge is 2.39. The summed E-state index contributed by atoms with van der Waals surface area (Å²) in [4.78, 5) is 18.4. The van der Waals surface area contributed by atoms with Crippen LogP contribution in [0.3, 0.4) is 0 Å². The van der Waals surface area contributed by atoms with Crippen molar-refractivity contribution in [2.24, 2.45) is 9.98 Å². The van der Waals surface area contributed by atoms with Crippen LogP contribution in [0.4, 0.5) is 11.4 Å². The van der Waals surface area contributed by atoms with Crippen LogP contribution in [0.2, 0.25) is 0 Å². The largest absolute Gasteiger partial charge is 0.452 e. The van der Waals surface area contributed by atoms with Gasteiger partial charge in [-0.15, -0.1) is 0 Å². The van der Waals surface area contributed by atoms with Gasteiger partial charge in [-0.2, -0.15) is 0 Å². The molecule has 2 aliphatic rings. The van der Waals surface area contributed by atoms with E-state index in [2.05, 4.69) is 67.8 Å². The van der Waals surface area contributed by atoms with E-state index in [9.17, 15) is 0 Å². The van der Waals surface area contributed by atoms with Crippen molar-refractivity contribution in [1.29, 1.82) is 0 Å². The molecular formula is C29H22Br2N4O2. The van der Waals surface area contributed by atoms with E-state index in [1.807, 2.05) is 48.5 Å². The summed E-state index contributed by atoms with van der Waals surface area (Å²) in [5.41, 5.74) is 7.54. The lowest BCUT2D eigenvalue weighted by atomic mass is 9.82. The molecule has 0 amide bonds. The molecule has 184 valence electrons. The Hall–Kier alpha value is -3.36. The molecule has 37 heavy (non-hydrogen) atoms. The van der Waals surface area contributed by atoms with Crippen LogP contribution < -0.4 is 9.47 Å². The topological polar surface area (TPSA) is 69.0 Å². The van der Waals surface area contributed by atoms with Crippen LogP contribution in [0.1, 0.15) is 46.0 Å². The fraction of sp³-hybridized carbons (Fsp3) is 0.172. The lowest BCUT2D eigenvalue weighted by molar-refractivity contribution is -0.0255. The van der Waals surface area contributed by atoms with Crippen LogP contribution in [-0.4, -0.2) is 28.7 Å². The zero-order chi connectivity index (χ0) is 25.5.